The van der Waals surface area contributed by atoms with E-state index in [0.717, 1.165) is 31.6 Å². The average molecular weight is 265 g/mol. The minimum atomic E-state index is -0.0514. The van der Waals surface area contributed by atoms with E-state index in [2.05, 4.69) is 34.4 Å². The van der Waals surface area contributed by atoms with Gasteiger partial charge in [0, 0.05) is 32.9 Å². The van der Waals surface area contributed by atoms with E-state index in [0.29, 0.717) is 12.5 Å². The second kappa shape index (κ2) is 6.14. The van der Waals surface area contributed by atoms with E-state index >= 15 is 0 Å². The summed E-state index contributed by atoms with van der Waals surface area (Å²) in [5, 5.41) is 11.1. The van der Waals surface area contributed by atoms with Crippen molar-refractivity contribution in [2.75, 3.05) is 13.1 Å². The molecule has 106 valence electrons. The average Bonchev–Trinajstić information content (AvgIpc) is 2.67. The molecule has 0 aromatic carbocycles. The molecule has 1 fully saturated rings. The molecule has 2 heterocycles. The molecule has 1 amide bonds. The van der Waals surface area contributed by atoms with Crippen molar-refractivity contribution in [2.45, 2.75) is 39.3 Å². The molecular weight excluding hydrogens is 242 g/mol. The summed E-state index contributed by atoms with van der Waals surface area (Å²) >= 11 is 0. The summed E-state index contributed by atoms with van der Waals surface area (Å²) in [5.41, 5.74) is 0.922. The number of rotatable bonds is 4. The number of aryl methyl sites for hydroxylation is 1. The number of aromatic nitrogens is 3. The van der Waals surface area contributed by atoms with Crippen LogP contribution < -0.4 is 5.32 Å². The fraction of sp³-hybridized carbons (Fsp3) is 0.769. The lowest BCUT2D eigenvalue weighted by atomic mass is 10.0. The third kappa shape index (κ3) is 3.76. The Kier molecular flexibility index (Phi) is 4.52. The Morgan fingerprint density at radius 2 is 2.32 bits per heavy atom. The minimum Gasteiger partial charge on any atom is -0.355 e. The van der Waals surface area contributed by atoms with E-state index < -0.39 is 0 Å². The van der Waals surface area contributed by atoms with Crippen LogP contribution in [0.5, 0.6) is 0 Å². The predicted octanol–water partition coefficient (Wildman–Crippen LogP) is 0.552. The third-order valence-corrected chi connectivity index (χ3v) is 3.37. The topological polar surface area (TPSA) is 63.1 Å². The quantitative estimate of drug-likeness (QED) is 0.863. The number of carbonyl (C=O) groups excluding carboxylic acids is 1. The van der Waals surface area contributed by atoms with Crippen LogP contribution in [0.3, 0.4) is 0 Å². The van der Waals surface area contributed by atoms with E-state index in [9.17, 15) is 4.79 Å². The molecular formula is C13H23N5O. The van der Waals surface area contributed by atoms with Crippen molar-refractivity contribution in [3.8, 4) is 0 Å². The number of nitrogens with zero attached hydrogens (tertiary/aromatic N) is 4. The molecule has 6 heteroatoms. The molecule has 6 nitrogen and oxygen atoms in total. The van der Waals surface area contributed by atoms with Crippen molar-refractivity contribution < 1.29 is 4.79 Å². The highest BCUT2D eigenvalue weighted by atomic mass is 16.2. The molecule has 0 radical (unpaired) electrons. The number of hydrogen-bond donors (Lipinski definition) is 1. The second-order valence-corrected chi connectivity index (χ2v) is 5.64. The third-order valence-electron chi connectivity index (χ3n) is 3.37. The molecule has 19 heavy (non-hydrogen) atoms. The number of nitrogens with one attached hydrogen (secondary N) is 1. The lowest BCUT2D eigenvalue weighted by Crippen LogP contribution is -2.44. The fourth-order valence-electron chi connectivity index (χ4n) is 2.50. The Hall–Kier alpha value is -1.43. The molecule has 1 N–H and O–H groups in total. The summed E-state index contributed by atoms with van der Waals surface area (Å²) in [4.78, 5) is 14.4. The molecule has 0 aliphatic carbocycles. The van der Waals surface area contributed by atoms with Gasteiger partial charge in [-0.1, -0.05) is 19.1 Å². The number of hydrogen-bond acceptors (Lipinski definition) is 4. The fourth-order valence-corrected chi connectivity index (χ4v) is 2.50. The number of carbonyl (C=O) groups is 1. The summed E-state index contributed by atoms with van der Waals surface area (Å²) in [6.07, 6.45) is 3.78. The molecule has 1 atom stereocenters. The Bertz CT molecular complexity index is 428. The van der Waals surface area contributed by atoms with Gasteiger partial charge >= 0.3 is 0 Å². The highest BCUT2D eigenvalue weighted by Gasteiger charge is 2.29. The zero-order valence-electron chi connectivity index (χ0n) is 12.0. The van der Waals surface area contributed by atoms with Gasteiger partial charge in [-0.3, -0.25) is 14.4 Å². The maximum atomic E-state index is 12.2. The van der Waals surface area contributed by atoms with Crippen LogP contribution in [0.1, 0.15) is 32.4 Å². The van der Waals surface area contributed by atoms with Crippen molar-refractivity contribution in [1.29, 1.82) is 0 Å². The summed E-state index contributed by atoms with van der Waals surface area (Å²) in [6, 6.07) is -0.0514. The molecule has 0 bridgehead atoms. The van der Waals surface area contributed by atoms with Crippen LogP contribution >= 0.6 is 0 Å². The maximum Gasteiger partial charge on any atom is 0.237 e. The van der Waals surface area contributed by atoms with Crippen molar-refractivity contribution >= 4 is 5.91 Å². The summed E-state index contributed by atoms with van der Waals surface area (Å²) in [7, 11) is 1.86. The lowest BCUT2D eigenvalue weighted by molar-refractivity contribution is -0.126. The molecule has 2 rings (SSSR count). The van der Waals surface area contributed by atoms with Gasteiger partial charge in [-0.05, 0) is 18.8 Å². The van der Waals surface area contributed by atoms with Crippen LogP contribution in [-0.2, 0) is 18.4 Å². The molecule has 1 aromatic heterocycles. The summed E-state index contributed by atoms with van der Waals surface area (Å²) < 4.78 is 1.70. The number of amides is 1. The monoisotopic (exact) mass is 265 g/mol. The van der Waals surface area contributed by atoms with Crippen LogP contribution in [0.2, 0.25) is 0 Å². The normalized spacial score (nSPS) is 21.5. The first-order valence-electron chi connectivity index (χ1n) is 6.93. The first-order chi connectivity index (χ1) is 9.06. The molecule has 1 saturated heterocycles. The first-order valence-corrected chi connectivity index (χ1v) is 6.93. The largest absolute Gasteiger partial charge is 0.355 e. The molecule has 0 spiro atoms. The van der Waals surface area contributed by atoms with Crippen LogP contribution in [0.15, 0.2) is 6.20 Å². The van der Waals surface area contributed by atoms with Gasteiger partial charge in [0.25, 0.3) is 0 Å². The Labute approximate surface area is 114 Å². The molecule has 0 unspecified atom stereocenters. The van der Waals surface area contributed by atoms with Gasteiger partial charge in [-0.25, -0.2) is 0 Å². The summed E-state index contributed by atoms with van der Waals surface area (Å²) in [6.45, 7) is 6.69. The van der Waals surface area contributed by atoms with Gasteiger partial charge in [0.2, 0.25) is 5.91 Å². The first kappa shape index (κ1) is 14.0. The van der Waals surface area contributed by atoms with Crippen LogP contribution in [0.4, 0.5) is 0 Å². The Morgan fingerprint density at radius 3 is 2.95 bits per heavy atom. The van der Waals surface area contributed by atoms with Gasteiger partial charge in [-0.15, -0.1) is 5.10 Å². The zero-order chi connectivity index (χ0) is 13.8. The second-order valence-electron chi connectivity index (χ2n) is 5.64. The standard InChI is InChI=1S/C13H23N5O/c1-10(2)7-12-13(19)14-5-4-6-18(12)9-11-8-17(3)16-15-11/h8,10,12H,4-7,9H2,1-3H3,(H,14,19)/t12-/m1/s1. The van der Waals surface area contributed by atoms with Crippen molar-refractivity contribution in [3.63, 3.8) is 0 Å². The van der Waals surface area contributed by atoms with E-state index in [1.54, 1.807) is 4.68 Å². The van der Waals surface area contributed by atoms with Gasteiger partial charge in [0.05, 0.1) is 11.7 Å². The van der Waals surface area contributed by atoms with Crippen molar-refractivity contribution in [1.82, 2.24) is 25.2 Å². The van der Waals surface area contributed by atoms with Crippen LogP contribution in [0, 0.1) is 5.92 Å². The Morgan fingerprint density at radius 1 is 1.53 bits per heavy atom. The molecule has 0 saturated carbocycles. The van der Waals surface area contributed by atoms with E-state index in [-0.39, 0.29) is 11.9 Å². The van der Waals surface area contributed by atoms with E-state index in [1.165, 1.54) is 0 Å². The van der Waals surface area contributed by atoms with Crippen LogP contribution in [-0.4, -0.2) is 44.9 Å². The molecule has 1 aliphatic rings. The lowest BCUT2D eigenvalue weighted by Gasteiger charge is -2.28. The minimum absolute atomic E-state index is 0.0514. The molecule has 1 aliphatic heterocycles. The van der Waals surface area contributed by atoms with Gasteiger partial charge in [-0.2, -0.15) is 0 Å². The van der Waals surface area contributed by atoms with Crippen LogP contribution in [0.25, 0.3) is 0 Å². The predicted molar refractivity (Wildman–Crippen MR) is 72.3 cm³/mol. The SMILES string of the molecule is CC(C)C[C@@H]1C(=O)NCCCN1Cc1cn(C)nn1. The van der Waals surface area contributed by atoms with Crippen molar-refractivity contribution in [3.05, 3.63) is 11.9 Å². The highest BCUT2D eigenvalue weighted by Crippen LogP contribution is 2.16. The maximum absolute atomic E-state index is 12.2. The van der Waals surface area contributed by atoms with Gasteiger partial charge < -0.3 is 5.32 Å². The van der Waals surface area contributed by atoms with Crippen molar-refractivity contribution in [2.24, 2.45) is 13.0 Å². The van der Waals surface area contributed by atoms with Gasteiger partial charge in [0.15, 0.2) is 0 Å². The smallest absolute Gasteiger partial charge is 0.237 e. The summed E-state index contributed by atoms with van der Waals surface area (Å²) in [5.74, 6) is 0.647. The van der Waals surface area contributed by atoms with E-state index in [4.69, 9.17) is 0 Å². The van der Waals surface area contributed by atoms with E-state index in [1.807, 2.05) is 13.2 Å². The van der Waals surface area contributed by atoms with Gasteiger partial charge in [0.1, 0.15) is 0 Å². The molecule has 1 aromatic rings. The highest BCUT2D eigenvalue weighted by molar-refractivity contribution is 5.81. The Balaban J connectivity index is 2.10. The zero-order valence-corrected chi connectivity index (χ0v) is 12.0.